The van der Waals surface area contributed by atoms with Crippen LogP contribution in [-0.2, 0) is 0 Å². The van der Waals surface area contributed by atoms with E-state index in [9.17, 15) is 20.1 Å². The molecule has 2 aromatic rings. The summed E-state index contributed by atoms with van der Waals surface area (Å²) in [6.45, 7) is 0.909. The number of phenols is 2. The Hall–Kier alpha value is -2.28. The van der Waals surface area contributed by atoms with Crippen molar-refractivity contribution in [3.05, 3.63) is 53.6 Å². The number of hydrogen-bond acceptors (Lipinski definition) is 5. The van der Waals surface area contributed by atoms with Crippen LogP contribution in [0.2, 0.25) is 0 Å². The normalized spacial score (nSPS) is 11.4. The number of methoxy groups -OCH3 is 1. The first-order valence-corrected chi connectivity index (χ1v) is 7.70. The van der Waals surface area contributed by atoms with Gasteiger partial charge < -0.3 is 37.8 Å². The highest BCUT2D eigenvalue weighted by Crippen LogP contribution is 2.27. The minimum absolute atomic E-state index is 0. The number of quaternary nitrogens is 1. The molecule has 2 rings (SSSR count). The molecule has 1 atom stereocenters. The van der Waals surface area contributed by atoms with Crippen molar-refractivity contribution in [3.63, 3.8) is 0 Å². The van der Waals surface area contributed by atoms with E-state index >= 15 is 0 Å². The summed E-state index contributed by atoms with van der Waals surface area (Å²) in [4.78, 5) is 12.1. The largest absolute Gasteiger partial charge is 1.00 e. The summed E-state index contributed by atoms with van der Waals surface area (Å²) in [5.74, 6) is 0.255. The quantitative estimate of drug-likeness (QED) is 0.245. The second-order valence-electron chi connectivity index (χ2n) is 5.48. The van der Waals surface area contributed by atoms with Gasteiger partial charge in [0.1, 0.15) is 18.4 Å². The molecule has 7 heteroatoms. The highest BCUT2D eigenvalue weighted by Gasteiger charge is 2.13. The minimum atomic E-state index is -0.785. The van der Waals surface area contributed by atoms with Gasteiger partial charge in [0.2, 0.25) is 0 Å². The lowest BCUT2D eigenvalue weighted by Gasteiger charge is -2.10. The number of ketones is 1. The van der Waals surface area contributed by atoms with Gasteiger partial charge in [-0.3, -0.25) is 4.79 Å². The fourth-order valence-electron chi connectivity index (χ4n) is 2.31. The molecule has 5 N–H and O–H groups in total. The molecule has 1 unspecified atom stereocenters. The van der Waals surface area contributed by atoms with Gasteiger partial charge in [-0.1, -0.05) is 6.07 Å². The molecule has 0 radical (unpaired) electrons. The fraction of sp³-hybridized carbons (Fsp3) is 0.278. The first-order valence-electron chi connectivity index (χ1n) is 7.70. The van der Waals surface area contributed by atoms with E-state index in [0.717, 1.165) is 0 Å². The van der Waals surface area contributed by atoms with E-state index in [2.05, 4.69) is 0 Å². The summed E-state index contributed by atoms with van der Waals surface area (Å²) in [7, 11) is 1.57. The maximum atomic E-state index is 12.1. The third kappa shape index (κ3) is 5.94. The Bertz CT molecular complexity index is 690. The second kappa shape index (κ2) is 9.88. The number of rotatable bonds is 8. The maximum absolute atomic E-state index is 12.1. The van der Waals surface area contributed by atoms with Crippen LogP contribution in [0, 0.1) is 0 Å². The van der Waals surface area contributed by atoms with Crippen LogP contribution >= 0.6 is 0 Å². The van der Waals surface area contributed by atoms with Gasteiger partial charge >= 0.3 is 0 Å². The van der Waals surface area contributed by atoms with Crippen LogP contribution < -0.4 is 22.5 Å². The van der Waals surface area contributed by atoms with E-state index in [-0.39, 0.29) is 29.7 Å². The number of halogens is 1. The van der Waals surface area contributed by atoms with Crippen molar-refractivity contribution in [2.75, 3.05) is 20.2 Å². The van der Waals surface area contributed by atoms with Crippen LogP contribution in [0.1, 0.15) is 28.4 Å². The van der Waals surface area contributed by atoms with E-state index in [1.54, 1.807) is 37.4 Å². The average molecular weight is 368 g/mol. The van der Waals surface area contributed by atoms with Gasteiger partial charge in [-0.2, -0.15) is 0 Å². The summed E-state index contributed by atoms with van der Waals surface area (Å²) in [6.07, 6.45) is -0.424. The van der Waals surface area contributed by atoms with Gasteiger partial charge in [0.15, 0.2) is 17.3 Å². The monoisotopic (exact) mass is 367 g/mol. The molecule has 0 aromatic heterocycles. The molecule has 2 aromatic carbocycles. The molecule has 6 nitrogen and oxygen atoms in total. The number of aliphatic hydroxyl groups is 1. The summed E-state index contributed by atoms with van der Waals surface area (Å²) in [5.41, 5.74) is 1.15. The number of carbonyl (C=O) groups excluding carboxylic acids is 1. The van der Waals surface area contributed by atoms with Gasteiger partial charge in [0.05, 0.1) is 20.1 Å². The zero-order valence-electron chi connectivity index (χ0n) is 13.9. The van der Waals surface area contributed by atoms with Gasteiger partial charge in [-0.15, -0.1) is 0 Å². The van der Waals surface area contributed by atoms with Crippen LogP contribution in [0.25, 0.3) is 0 Å². The van der Waals surface area contributed by atoms with Crippen molar-refractivity contribution in [3.8, 4) is 17.2 Å². The van der Waals surface area contributed by atoms with Crippen molar-refractivity contribution in [1.82, 2.24) is 0 Å². The number of nitrogens with two attached hydrogens (primary N) is 1. The number of aliphatic hydroxyl groups excluding tert-OH is 1. The van der Waals surface area contributed by atoms with E-state index in [1.165, 1.54) is 12.1 Å². The molecule has 136 valence electrons. The van der Waals surface area contributed by atoms with Gasteiger partial charge in [-0.05, 0) is 42.0 Å². The molecule has 0 bridgehead atoms. The zero-order valence-corrected chi connectivity index (χ0v) is 14.6. The van der Waals surface area contributed by atoms with E-state index in [1.807, 2.05) is 5.32 Å². The minimum Gasteiger partial charge on any atom is -1.00 e. The van der Waals surface area contributed by atoms with E-state index in [4.69, 9.17) is 4.74 Å². The van der Waals surface area contributed by atoms with Gasteiger partial charge in [-0.25, -0.2) is 0 Å². The van der Waals surface area contributed by atoms with Crippen molar-refractivity contribution in [2.24, 2.45) is 0 Å². The summed E-state index contributed by atoms with van der Waals surface area (Å²) in [6, 6.07) is 11.2. The van der Waals surface area contributed by atoms with E-state index < -0.39 is 6.10 Å². The molecule has 0 spiro atoms. The molecular formula is C18H22ClNO5. The fourth-order valence-corrected chi connectivity index (χ4v) is 2.31. The molecule has 0 aliphatic heterocycles. The average Bonchev–Trinajstić information content (AvgIpc) is 2.60. The molecule has 0 amide bonds. The molecule has 25 heavy (non-hydrogen) atoms. The molecule has 0 saturated heterocycles. The number of hydrogen-bond donors (Lipinski definition) is 4. The Morgan fingerprint density at radius 1 is 1.12 bits per heavy atom. The Labute approximate surface area is 152 Å². The standard InChI is InChI=1S/C18H21NO5.ClH/c1-24-14-5-2-12(3-6-14)15(20)8-9-19-11-18(23)13-4-7-16(21)17(22)10-13;/h2-7,10,18-19,21-23H,8-9,11H2,1H3;1H. The Kier molecular flexibility index (Phi) is 8.21. The lowest BCUT2D eigenvalue weighted by atomic mass is 10.1. The number of ether oxygens (including phenoxy) is 1. The summed E-state index contributed by atoms with van der Waals surface area (Å²) < 4.78 is 5.05. The molecule has 0 fully saturated rings. The first kappa shape index (κ1) is 20.8. The predicted octanol–water partition coefficient (Wildman–Crippen LogP) is -2.02. The predicted molar refractivity (Wildman–Crippen MR) is 88.3 cm³/mol. The van der Waals surface area contributed by atoms with Crippen molar-refractivity contribution >= 4 is 5.78 Å². The first-order chi connectivity index (χ1) is 11.5. The van der Waals surface area contributed by atoms with Crippen LogP contribution in [0.5, 0.6) is 17.2 Å². The Morgan fingerprint density at radius 3 is 2.40 bits per heavy atom. The molecule has 0 heterocycles. The van der Waals surface area contributed by atoms with Crippen molar-refractivity contribution in [1.29, 1.82) is 0 Å². The molecule has 0 aliphatic rings. The third-order valence-corrected chi connectivity index (χ3v) is 3.76. The molecule has 0 saturated carbocycles. The molecular weight excluding hydrogens is 346 g/mol. The smallest absolute Gasteiger partial charge is 0.168 e. The number of aromatic hydroxyl groups is 2. The van der Waals surface area contributed by atoms with Crippen molar-refractivity contribution < 1.29 is 42.6 Å². The summed E-state index contributed by atoms with van der Waals surface area (Å²) >= 11 is 0. The SMILES string of the molecule is COc1ccc(C(=O)CC[NH2+]CC(O)c2ccc(O)c(O)c2)cc1.[Cl-]. The van der Waals surface area contributed by atoms with Crippen LogP contribution in [-0.4, -0.2) is 41.3 Å². The van der Waals surface area contributed by atoms with Crippen molar-refractivity contribution in [2.45, 2.75) is 12.5 Å². The lowest BCUT2D eigenvalue weighted by molar-refractivity contribution is -0.660. The van der Waals surface area contributed by atoms with E-state index in [0.29, 0.717) is 36.4 Å². The number of carbonyl (C=O) groups is 1. The van der Waals surface area contributed by atoms with Gasteiger partial charge in [0, 0.05) is 5.56 Å². The summed E-state index contributed by atoms with van der Waals surface area (Å²) in [5, 5.41) is 30.6. The third-order valence-electron chi connectivity index (χ3n) is 3.76. The van der Waals surface area contributed by atoms with Crippen LogP contribution in [0.4, 0.5) is 0 Å². The number of Topliss-reactive ketones (excluding diaryl/α,β-unsaturated/α-hetero) is 1. The zero-order chi connectivity index (χ0) is 17.5. The maximum Gasteiger partial charge on any atom is 0.168 e. The topological polar surface area (TPSA) is 104 Å². The number of benzene rings is 2. The van der Waals surface area contributed by atoms with Gasteiger partial charge in [0.25, 0.3) is 0 Å². The highest BCUT2D eigenvalue weighted by molar-refractivity contribution is 5.96. The molecule has 0 aliphatic carbocycles. The Balaban J connectivity index is 0.00000312. The second-order valence-corrected chi connectivity index (χ2v) is 5.48. The lowest BCUT2D eigenvalue weighted by Crippen LogP contribution is -3.00. The van der Waals surface area contributed by atoms with Crippen LogP contribution in [0.15, 0.2) is 42.5 Å². The Morgan fingerprint density at radius 2 is 1.80 bits per heavy atom. The highest BCUT2D eigenvalue weighted by atomic mass is 35.5. The number of phenolic OH excluding ortho intramolecular Hbond substituents is 2. The van der Waals surface area contributed by atoms with Crippen LogP contribution in [0.3, 0.4) is 0 Å².